The summed E-state index contributed by atoms with van der Waals surface area (Å²) in [6.45, 7) is 0. The molecule has 0 spiro atoms. The molecule has 1 amide bonds. The third-order valence-corrected chi connectivity index (χ3v) is 4.51. The maximum Gasteiger partial charge on any atom is 0.335 e. The summed E-state index contributed by atoms with van der Waals surface area (Å²) in [5, 5.41) is 12.1. The molecule has 2 atom stereocenters. The number of hydrogen-bond acceptors (Lipinski definition) is 2. The lowest BCUT2D eigenvalue weighted by atomic mass is 10.1. The van der Waals surface area contributed by atoms with Gasteiger partial charge in [0.15, 0.2) is 0 Å². The largest absolute Gasteiger partial charge is 0.478 e. The molecule has 1 aromatic rings. The van der Waals surface area contributed by atoms with Gasteiger partial charge in [-0.05, 0) is 42.9 Å². The van der Waals surface area contributed by atoms with Gasteiger partial charge in [0.2, 0.25) is 5.91 Å². The summed E-state index contributed by atoms with van der Waals surface area (Å²) in [7, 11) is 0. The molecular formula is C14H14ClNO3. The number of fused-ring (bicyclic) bond motifs is 1. The number of amides is 1. The van der Waals surface area contributed by atoms with Crippen molar-refractivity contribution < 1.29 is 14.7 Å². The molecule has 2 fully saturated rings. The lowest BCUT2D eigenvalue weighted by molar-refractivity contribution is -0.118. The molecule has 1 aromatic carbocycles. The fraction of sp³-hybridized carbons (Fsp3) is 0.429. The predicted molar refractivity (Wildman–Crippen MR) is 71.4 cm³/mol. The van der Waals surface area contributed by atoms with Crippen molar-refractivity contribution in [3.8, 4) is 0 Å². The molecule has 0 aliphatic heterocycles. The molecule has 0 heterocycles. The molecular weight excluding hydrogens is 266 g/mol. The first-order valence-corrected chi connectivity index (χ1v) is 6.79. The number of hydrogen-bond donors (Lipinski definition) is 2. The van der Waals surface area contributed by atoms with Crippen LogP contribution in [0.15, 0.2) is 18.2 Å². The van der Waals surface area contributed by atoms with Crippen LogP contribution in [0.3, 0.4) is 0 Å². The van der Waals surface area contributed by atoms with Gasteiger partial charge in [0.25, 0.3) is 0 Å². The Morgan fingerprint density at radius 1 is 1.26 bits per heavy atom. The summed E-state index contributed by atoms with van der Waals surface area (Å²) in [5.41, 5.74) is 0.507. The Hall–Kier alpha value is -1.55. The van der Waals surface area contributed by atoms with Crippen LogP contribution in [-0.2, 0) is 4.79 Å². The minimum absolute atomic E-state index is 0.0286. The molecule has 2 saturated carbocycles. The summed E-state index contributed by atoms with van der Waals surface area (Å²) >= 11 is 5.98. The summed E-state index contributed by atoms with van der Waals surface area (Å²) in [5.74, 6) is 0.0933. The Morgan fingerprint density at radius 3 is 2.58 bits per heavy atom. The number of carboxylic acid groups (broad SMARTS) is 1. The van der Waals surface area contributed by atoms with E-state index in [0.29, 0.717) is 22.5 Å². The molecule has 0 aromatic heterocycles. The van der Waals surface area contributed by atoms with Gasteiger partial charge in [-0.15, -0.1) is 0 Å². The van der Waals surface area contributed by atoms with Gasteiger partial charge in [-0.3, -0.25) is 4.79 Å². The number of aromatic carboxylic acids is 1. The summed E-state index contributed by atoms with van der Waals surface area (Å²) in [4.78, 5) is 23.0. The summed E-state index contributed by atoms with van der Waals surface area (Å²) < 4.78 is 0. The number of nitrogens with one attached hydrogen (secondary N) is 1. The van der Waals surface area contributed by atoms with Crippen LogP contribution < -0.4 is 5.32 Å². The molecule has 0 radical (unpaired) electrons. The van der Waals surface area contributed by atoms with Gasteiger partial charge < -0.3 is 10.4 Å². The van der Waals surface area contributed by atoms with Gasteiger partial charge in [-0.1, -0.05) is 18.0 Å². The van der Waals surface area contributed by atoms with Crippen molar-refractivity contribution in [2.24, 2.45) is 17.8 Å². The second kappa shape index (κ2) is 4.53. The van der Waals surface area contributed by atoms with Gasteiger partial charge in [0.05, 0.1) is 16.3 Å². The minimum atomic E-state index is -1.03. The number of halogens is 1. The van der Waals surface area contributed by atoms with E-state index in [2.05, 4.69) is 5.32 Å². The van der Waals surface area contributed by atoms with Crippen molar-refractivity contribution in [3.05, 3.63) is 28.8 Å². The van der Waals surface area contributed by atoms with E-state index in [4.69, 9.17) is 16.7 Å². The van der Waals surface area contributed by atoms with Crippen LogP contribution in [-0.4, -0.2) is 17.0 Å². The second-order valence-corrected chi connectivity index (χ2v) is 5.68. The number of carbonyl (C=O) groups excluding carboxylic acids is 1. The quantitative estimate of drug-likeness (QED) is 0.894. The third kappa shape index (κ3) is 2.21. The predicted octanol–water partition coefficient (Wildman–Crippen LogP) is 3.02. The van der Waals surface area contributed by atoms with E-state index in [-0.39, 0.29) is 17.4 Å². The molecule has 4 nitrogen and oxygen atoms in total. The standard InChI is InChI=1S/C14H14ClNO3/c15-10-5-4-7(14(18)19)6-11(10)16-13(17)12-8-2-1-3-9(8)12/h4-6,8-9,12H,1-3H2,(H,16,17)(H,18,19). The lowest BCUT2D eigenvalue weighted by Gasteiger charge is -2.09. The molecule has 2 aliphatic carbocycles. The zero-order valence-corrected chi connectivity index (χ0v) is 11.0. The van der Waals surface area contributed by atoms with Crippen molar-refractivity contribution in [1.82, 2.24) is 0 Å². The highest BCUT2D eigenvalue weighted by molar-refractivity contribution is 6.33. The Balaban J connectivity index is 1.74. The van der Waals surface area contributed by atoms with Crippen LogP contribution in [0.4, 0.5) is 5.69 Å². The third-order valence-electron chi connectivity index (χ3n) is 4.18. The number of benzene rings is 1. The van der Waals surface area contributed by atoms with Gasteiger partial charge in [0.1, 0.15) is 0 Å². The summed E-state index contributed by atoms with van der Waals surface area (Å²) in [6, 6.07) is 4.32. The van der Waals surface area contributed by atoms with Crippen molar-refractivity contribution in [3.63, 3.8) is 0 Å². The van der Waals surface area contributed by atoms with Gasteiger partial charge in [0, 0.05) is 5.92 Å². The van der Waals surface area contributed by atoms with Crippen molar-refractivity contribution in [2.45, 2.75) is 19.3 Å². The first-order valence-electron chi connectivity index (χ1n) is 6.41. The summed E-state index contributed by atoms with van der Waals surface area (Å²) in [6.07, 6.45) is 3.48. The number of carbonyl (C=O) groups is 2. The average Bonchev–Trinajstić information content (AvgIpc) is 2.86. The number of carboxylic acids is 1. The van der Waals surface area contributed by atoms with Crippen LogP contribution in [0, 0.1) is 17.8 Å². The zero-order valence-electron chi connectivity index (χ0n) is 10.2. The molecule has 2 unspecified atom stereocenters. The smallest absolute Gasteiger partial charge is 0.335 e. The van der Waals surface area contributed by atoms with Crippen LogP contribution >= 0.6 is 11.6 Å². The fourth-order valence-electron chi connectivity index (χ4n) is 3.18. The maximum atomic E-state index is 12.1. The molecule has 0 bridgehead atoms. The number of anilines is 1. The Kier molecular flexibility index (Phi) is 2.97. The van der Waals surface area contributed by atoms with E-state index in [0.717, 1.165) is 12.8 Å². The molecule has 2 aliphatic rings. The highest BCUT2D eigenvalue weighted by atomic mass is 35.5. The van der Waals surface area contributed by atoms with Gasteiger partial charge in [-0.2, -0.15) is 0 Å². The highest BCUT2D eigenvalue weighted by Gasteiger charge is 2.56. The van der Waals surface area contributed by atoms with Gasteiger partial charge in [-0.25, -0.2) is 4.79 Å². The monoisotopic (exact) mass is 279 g/mol. The van der Waals surface area contributed by atoms with Crippen LogP contribution in [0.25, 0.3) is 0 Å². The molecule has 3 rings (SSSR count). The molecule has 2 N–H and O–H groups in total. The Labute approximate surface area is 115 Å². The molecule has 19 heavy (non-hydrogen) atoms. The highest BCUT2D eigenvalue weighted by Crippen LogP contribution is 2.57. The maximum absolute atomic E-state index is 12.1. The van der Waals surface area contributed by atoms with E-state index in [1.165, 1.54) is 24.6 Å². The van der Waals surface area contributed by atoms with Crippen LogP contribution in [0.1, 0.15) is 29.6 Å². The van der Waals surface area contributed by atoms with E-state index in [1.54, 1.807) is 0 Å². The van der Waals surface area contributed by atoms with E-state index >= 15 is 0 Å². The normalized spacial score (nSPS) is 27.7. The van der Waals surface area contributed by atoms with E-state index in [1.807, 2.05) is 0 Å². The second-order valence-electron chi connectivity index (χ2n) is 5.27. The van der Waals surface area contributed by atoms with E-state index in [9.17, 15) is 9.59 Å². The van der Waals surface area contributed by atoms with Crippen molar-refractivity contribution in [2.75, 3.05) is 5.32 Å². The first kappa shape index (κ1) is 12.5. The SMILES string of the molecule is O=C(O)c1ccc(Cl)c(NC(=O)C2C3CCCC32)c1. The zero-order chi connectivity index (χ0) is 13.6. The molecule has 100 valence electrons. The topological polar surface area (TPSA) is 66.4 Å². The van der Waals surface area contributed by atoms with Gasteiger partial charge >= 0.3 is 5.97 Å². The number of rotatable bonds is 3. The first-order chi connectivity index (χ1) is 9.08. The van der Waals surface area contributed by atoms with Crippen molar-refractivity contribution in [1.29, 1.82) is 0 Å². The Morgan fingerprint density at radius 2 is 1.95 bits per heavy atom. The van der Waals surface area contributed by atoms with Crippen LogP contribution in [0.5, 0.6) is 0 Å². The average molecular weight is 280 g/mol. The van der Waals surface area contributed by atoms with Crippen molar-refractivity contribution >= 4 is 29.2 Å². The fourth-order valence-corrected chi connectivity index (χ4v) is 3.35. The Bertz CT molecular complexity index is 548. The minimum Gasteiger partial charge on any atom is -0.478 e. The lowest BCUT2D eigenvalue weighted by Crippen LogP contribution is -2.17. The van der Waals surface area contributed by atoms with Crippen LogP contribution in [0.2, 0.25) is 5.02 Å². The molecule has 0 saturated heterocycles. The van der Waals surface area contributed by atoms with E-state index < -0.39 is 5.97 Å². The molecule has 5 heteroatoms.